The third-order valence-corrected chi connectivity index (χ3v) is 8.15. The molecule has 4 rings (SSSR count). The Kier molecular flexibility index (Phi) is 5.97. The van der Waals surface area contributed by atoms with Crippen LogP contribution >= 0.6 is 11.8 Å². The van der Waals surface area contributed by atoms with E-state index in [0.29, 0.717) is 22.2 Å². The lowest BCUT2D eigenvalue weighted by molar-refractivity contribution is 0.464. The molecule has 1 aliphatic heterocycles. The summed E-state index contributed by atoms with van der Waals surface area (Å²) < 4.78 is 28.8. The number of rotatable bonds is 5. The van der Waals surface area contributed by atoms with Gasteiger partial charge < -0.3 is 0 Å². The summed E-state index contributed by atoms with van der Waals surface area (Å²) in [6.45, 7) is 3.97. The van der Waals surface area contributed by atoms with E-state index < -0.39 is 10.0 Å². The van der Waals surface area contributed by atoms with Gasteiger partial charge in [0.25, 0.3) is 10.0 Å². The molecule has 6 heteroatoms. The van der Waals surface area contributed by atoms with Crippen LogP contribution in [-0.2, 0) is 16.4 Å². The smallest absolute Gasteiger partial charge is 0.240 e. The average Bonchev–Trinajstić information content (AvgIpc) is 3.13. The van der Waals surface area contributed by atoms with Gasteiger partial charge in [-0.2, -0.15) is 0 Å². The van der Waals surface area contributed by atoms with Crippen molar-refractivity contribution in [3.63, 3.8) is 0 Å². The molecule has 4 nitrogen and oxygen atoms in total. The van der Waals surface area contributed by atoms with Gasteiger partial charge in [-0.25, -0.2) is 17.7 Å². The average molecular weight is 437 g/mol. The molecule has 0 bridgehead atoms. The van der Waals surface area contributed by atoms with Crippen LogP contribution in [0.25, 0.3) is 0 Å². The van der Waals surface area contributed by atoms with E-state index in [9.17, 15) is 8.42 Å². The Bertz CT molecular complexity index is 1140. The summed E-state index contributed by atoms with van der Waals surface area (Å²) in [4.78, 5) is 5.00. The molecular weight excluding hydrogens is 412 g/mol. The fraction of sp³-hybridized carbons (Fsp3) is 0.208. The van der Waals surface area contributed by atoms with E-state index >= 15 is 0 Å². The number of nitrogens with zero attached hydrogens (tertiary/aromatic N) is 2. The summed E-state index contributed by atoms with van der Waals surface area (Å²) in [5.41, 5.74) is 4.04. The molecule has 0 aliphatic carbocycles. The maximum atomic E-state index is 13.6. The first kappa shape index (κ1) is 20.7. The topological polar surface area (TPSA) is 49.7 Å². The van der Waals surface area contributed by atoms with E-state index in [2.05, 4.69) is 0 Å². The van der Waals surface area contributed by atoms with Gasteiger partial charge in [0, 0.05) is 5.75 Å². The molecule has 30 heavy (non-hydrogen) atoms. The second-order valence-electron chi connectivity index (χ2n) is 7.50. The van der Waals surface area contributed by atoms with Crippen LogP contribution in [0, 0.1) is 13.8 Å². The zero-order chi connectivity index (χ0) is 21.1. The molecule has 3 aromatic carbocycles. The van der Waals surface area contributed by atoms with Crippen LogP contribution in [-0.4, -0.2) is 29.7 Å². The summed E-state index contributed by atoms with van der Waals surface area (Å²) in [6.07, 6.45) is 0.645. The number of hydrogen-bond donors (Lipinski definition) is 0. The minimum absolute atomic E-state index is 0.187. The monoisotopic (exact) mass is 436 g/mol. The van der Waals surface area contributed by atoms with Crippen molar-refractivity contribution >= 4 is 32.6 Å². The summed E-state index contributed by atoms with van der Waals surface area (Å²) >= 11 is 1.50. The van der Waals surface area contributed by atoms with Gasteiger partial charge in [-0.1, -0.05) is 77.5 Å². The predicted molar refractivity (Wildman–Crippen MR) is 125 cm³/mol. The van der Waals surface area contributed by atoms with E-state index in [4.69, 9.17) is 4.99 Å². The Labute approximate surface area is 182 Å². The fourth-order valence-electron chi connectivity index (χ4n) is 3.42. The highest BCUT2D eigenvalue weighted by molar-refractivity contribution is 8.15. The molecule has 0 spiro atoms. The molecule has 1 saturated heterocycles. The number of thioether (sulfide) groups is 1. The predicted octanol–water partition coefficient (Wildman–Crippen LogP) is 5.34. The second kappa shape index (κ2) is 8.66. The van der Waals surface area contributed by atoms with Gasteiger partial charge in [0.2, 0.25) is 0 Å². The fourth-order valence-corrected chi connectivity index (χ4v) is 6.52. The number of aryl methyl sites for hydroxylation is 2. The molecule has 1 fully saturated rings. The van der Waals surface area contributed by atoms with E-state index in [0.717, 1.165) is 22.4 Å². The van der Waals surface area contributed by atoms with Crippen molar-refractivity contribution in [3.05, 3.63) is 95.6 Å². The van der Waals surface area contributed by atoms with E-state index in [1.807, 2.05) is 80.6 Å². The normalized spacial score (nSPS) is 18.1. The van der Waals surface area contributed by atoms with Crippen molar-refractivity contribution in [2.45, 2.75) is 31.2 Å². The van der Waals surface area contributed by atoms with Gasteiger partial charge in [-0.05, 0) is 50.1 Å². The summed E-state index contributed by atoms with van der Waals surface area (Å²) in [5, 5.41) is 0.528. The molecule has 0 amide bonds. The lowest BCUT2D eigenvalue weighted by Crippen LogP contribution is -2.40. The van der Waals surface area contributed by atoms with Crippen molar-refractivity contribution in [2.75, 3.05) is 5.75 Å². The molecule has 0 aromatic heterocycles. The Morgan fingerprint density at radius 1 is 0.900 bits per heavy atom. The van der Waals surface area contributed by atoms with Gasteiger partial charge in [-0.3, -0.25) is 0 Å². The van der Waals surface area contributed by atoms with Crippen LogP contribution < -0.4 is 0 Å². The van der Waals surface area contributed by atoms with Crippen LogP contribution in [0.15, 0.2) is 88.8 Å². The molecule has 154 valence electrons. The molecular formula is C24H24N2O2S2. The molecule has 1 unspecified atom stereocenters. The van der Waals surface area contributed by atoms with Crippen LogP contribution in [0.3, 0.4) is 0 Å². The molecule has 3 aromatic rings. The highest BCUT2D eigenvalue weighted by Gasteiger charge is 2.39. The van der Waals surface area contributed by atoms with E-state index in [1.165, 1.54) is 16.1 Å². The lowest BCUT2D eigenvalue weighted by Gasteiger charge is -2.25. The Morgan fingerprint density at radius 3 is 2.13 bits per heavy atom. The molecule has 0 N–H and O–H groups in total. The summed E-state index contributed by atoms with van der Waals surface area (Å²) in [6, 6.07) is 24.7. The number of aliphatic imine (C=N–C) groups is 1. The number of sulfonamides is 1. The first-order chi connectivity index (χ1) is 14.4. The first-order valence-electron chi connectivity index (χ1n) is 9.87. The maximum absolute atomic E-state index is 13.6. The number of hydrogen-bond acceptors (Lipinski definition) is 4. The van der Waals surface area contributed by atoms with Crippen LogP contribution in [0.1, 0.15) is 16.7 Å². The Balaban J connectivity index is 1.74. The second-order valence-corrected chi connectivity index (χ2v) is 10.3. The minimum Gasteiger partial charge on any atom is -0.240 e. The zero-order valence-corrected chi connectivity index (χ0v) is 18.7. The minimum atomic E-state index is -3.72. The van der Waals surface area contributed by atoms with Gasteiger partial charge in [0.1, 0.15) is 0 Å². The number of benzene rings is 3. The van der Waals surface area contributed by atoms with Crippen molar-refractivity contribution in [1.82, 2.24) is 4.31 Å². The van der Waals surface area contributed by atoms with Crippen LogP contribution in [0.5, 0.6) is 0 Å². The van der Waals surface area contributed by atoms with Gasteiger partial charge in [0.05, 0.1) is 16.6 Å². The SMILES string of the molecule is Cc1ccc(N=C2SCC(Cc3ccccc3)N2S(=O)(=O)c2ccc(C)cc2)cc1. The summed E-state index contributed by atoms with van der Waals surface area (Å²) in [7, 11) is -3.72. The molecule has 0 saturated carbocycles. The van der Waals surface area contributed by atoms with Gasteiger partial charge in [0.15, 0.2) is 5.17 Å². The Hall–Kier alpha value is -2.57. The first-order valence-corrected chi connectivity index (χ1v) is 12.3. The summed E-state index contributed by atoms with van der Waals surface area (Å²) in [5.74, 6) is 0.671. The highest BCUT2D eigenvalue weighted by atomic mass is 32.2. The van der Waals surface area contributed by atoms with Crippen molar-refractivity contribution < 1.29 is 8.42 Å². The molecule has 1 aliphatic rings. The van der Waals surface area contributed by atoms with Crippen LogP contribution in [0.4, 0.5) is 5.69 Å². The van der Waals surface area contributed by atoms with E-state index in [-0.39, 0.29) is 6.04 Å². The highest BCUT2D eigenvalue weighted by Crippen LogP contribution is 2.34. The third-order valence-electron chi connectivity index (χ3n) is 5.08. The standard InChI is InChI=1S/C24H24N2O2S2/c1-18-8-12-21(13-9-18)25-24-26(30(27,28)23-14-10-19(2)11-15-23)22(17-29-24)16-20-6-4-3-5-7-20/h3-15,22H,16-17H2,1-2H3. The Morgan fingerprint density at radius 2 is 1.50 bits per heavy atom. The largest absolute Gasteiger partial charge is 0.266 e. The van der Waals surface area contributed by atoms with Crippen molar-refractivity contribution in [3.8, 4) is 0 Å². The number of amidine groups is 1. The zero-order valence-electron chi connectivity index (χ0n) is 17.0. The molecule has 0 radical (unpaired) electrons. The van der Waals surface area contributed by atoms with Gasteiger partial charge in [-0.15, -0.1) is 0 Å². The molecule has 1 heterocycles. The maximum Gasteiger partial charge on any atom is 0.266 e. The lowest BCUT2D eigenvalue weighted by atomic mass is 10.1. The van der Waals surface area contributed by atoms with Gasteiger partial charge >= 0.3 is 0 Å². The molecule has 1 atom stereocenters. The van der Waals surface area contributed by atoms with Crippen LogP contribution in [0.2, 0.25) is 0 Å². The third kappa shape index (κ3) is 4.45. The van der Waals surface area contributed by atoms with Crippen molar-refractivity contribution in [1.29, 1.82) is 0 Å². The van der Waals surface area contributed by atoms with E-state index in [1.54, 1.807) is 12.1 Å². The quantitative estimate of drug-likeness (QED) is 0.542. The van der Waals surface area contributed by atoms with Crippen molar-refractivity contribution in [2.24, 2.45) is 4.99 Å².